The fourth-order valence-corrected chi connectivity index (χ4v) is 8.04. The zero-order valence-electron chi connectivity index (χ0n) is 26.8. The lowest BCUT2D eigenvalue weighted by molar-refractivity contribution is -0.668. The predicted octanol–water partition coefficient (Wildman–Crippen LogP) is 7.60. The van der Waals surface area contributed by atoms with Gasteiger partial charge in [-0.25, -0.2) is 8.42 Å². The van der Waals surface area contributed by atoms with Crippen LogP contribution in [0.25, 0.3) is 16.3 Å². The number of thiazole rings is 1. The molecule has 256 valence electrons. The topological polar surface area (TPSA) is 131 Å². The molecule has 1 aromatic heterocycles. The zero-order chi connectivity index (χ0) is 34.5. The summed E-state index contributed by atoms with van der Waals surface area (Å²) in [6.07, 6.45) is 5.16. The summed E-state index contributed by atoms with van der Waals surface area (Å²) >= 11 is 15.6. The summed E-state index contributed by atoms with van der Waals surface area (Å²) in [5.41, 5.74) is 2.71. The van der Waals surface area contributed by atoms with Crippen molar-refractivity contribution < 1.29 is 30.5 Å². The van der Waals surface area contributed by atoms with Gasteiger partial charge in [-0.2, -0.15) is 13.0 Å². The molecule has 0 unspecified atom stereocenters. The number of nitrogens with one attached hydrogen (secondary N) is 1. The standard InChI is InChI=1S/C25H26Cl2N2O6S4.C4H11N.C2H6/c1-2-17(13-24-28(9-3-11-38(30,31)32)20-15-18(26)5-7-22(20)36-24)14-25-29(10-4-12-39(33,34)35)21-16-19(27)6-8-23(21)37-25;1-3-5-4-2;1-2/h5-8,13-16H,2-4,9-12H2,1H3,(H-,30,31,32,33,34,35);5H,3-4H2,1-2H3;1-2H3. The summed E-state index contributed by atoms with van der Waals surface area (Å²) in [6, 6.07) is 11.1. The molecular weight excluding hydrogens is 710 g/mol. The van der Waals surface area contributed by atoms with Crippen molar-refractivity contribution in [1.82, 2.24) is 5.32 Å². The lowest BCUT2D eigenvalue weighted by Crippen LogP contribution is -2.36. The first-order valence-electron chi connectivity index (χ1n) is 15.1. The third-order valence-electron chi connectivity index (χ3n) is 6.47. The number of benzene rings is 2. The minimum atomic E-state index is -4.33. The molecule has 1 aliphatic rings. The molecule has 0 spiro atoms. The van der Waals surface area contributed by atoms with Crippen molar-refractivity contribution in [1.29, 1.82) is 0 Å². The maximum absolute atomic E-state index is 11.3. The predicted molar refractivity (Wildman–Crippen MR) is 194 cm³/mol. The highest BCUT2D eigenvalue weighted by Gasteiger charge is 2.26. The van der Waals surface area contributed by atoms with Crippen LogP contribution in [0.3, 0.4) is 0 Å². The van der Waals surface area contributed by atoms with Crippen molar-refractivity contribution in [2.45, 2.75) is 65.3 Å². The summed E-state index contributed by atoms with van der Waals surface area (Å²) in [4.78, 5) is 2.98. The molecule has 0 bridgehead atoms. The Balaban J connectivity index is 0.000000959. The monoisotopic (exact) mass is 751 g/mol. The van der Waals surface area contributed by atoms with Crippen LogP contribution in [-0.4, -0.2) is 57.1 Å². The van der Waals surface area contributed by atoms with Crippen molar-refractivity contribution in [3.63, 3.8) is 0 Å². The number of anilines is 1. The maximum Gasteiger partial charge on any atom is 0.264 e. The SMILES string of the molecule is CC.CCC(=Cc1sc2ccc(Cl)cc2[n+]1CCCS(=O)(=O)[O-])C=C1Sc2ccc(Cl)cc2N1CCCS(=O)(=O)O.CCNCC. The molecule has 0 amide bonds. The van der Waals surface area contributed by atoms with Crippen LogP contribution in [0.5, 0.6) is 0 Å². The minimum Gasteiger partial charge on any atom is -0.748 e. The second-order valence-electron chi connectivity index (χ2n) is 9.84. The van der Waals surface area contributed by atoms with E-state index in [1.165, 1.54) is 11.3 Å². The largest absolute Gasteiger partial charge is 0.748 e. The van der Waals surface area contributed by atoms with Gasteiger partial charge < -0.3 is 14.8 Å². The van der Waals surface area contributed by atoms with Crippen molar-refractivity contribution in [3.8, 4) is 0 Å². The van der Waals surface area contributed by atoms with Gasteiger partial charge in [0.15, 0.2) is 6.54 Å². The van der Waals surface area contributed by atoms with Gasteiger partial charge in [0.1, 0.15) is 4.70 Å². The Morgan fingerprint density at radius 1 is 1.00 bits per heavy atom. The quantitative estimate of drug-likeness (QED) is 0.134. The second kappa shape index (κ2) is 19.4. The van der Waals surface area contributed by atoms with Gasteiger partial charge in [-0.05, 0) is 67.9 Å². The average molecular weight is 753 g/mol. The van der Waals surface area contributed by atoms with Crippen LogP contribution in [0.1, 0.15) is 58.9 Å². The van der Waals surface area contributed by atoms with Gasteiger partial charge in [0.25, 0.3) is 15.1 Å². The van der Waals surface area contributed by atoms with E-state index < -0.39 is 26.0 Å². The average Bonchev–Trinajstić information content (AvgIpc) is 3.49. The molecule has 0 fully saturated rings. The van der Waals surface area contributed by atoms with Crippen LogP contribution in [0.15, 0.2) is 58.0 Å². The van der Waals surface area contributed by atoms with Gasteiger partial charge in [0.2, 0.25) is 5.52 Å². The first kappa shape index (κ1) is 40.5. The highest BCUT2D eigenvalue weighted by Crippen LogP contribution is 2.47. The van der Waals surface area contributed by atoms with Crippen molar-refractivity contribution >= 4 is 88.5 Å². The Labute approximate surface area is 292 Å². The van der Waals surface area contributed by atoms with Crippen LogP contribution in [-0.2, 0) is 26.8 Å². The Hall–Kier alpha value is -1.68. The molecule has 0 radical (unpaired) electrons. The lowest BCUT2D eigenvalue weighted by atomic mass is 10.2. The summed E-state index contributed by atoms with van der Waals surface area (Å²) in [5, 5.41) is 6.00. The van der Waals surface area contributed by atoms with E-state index in [2.05, 4.69) is 19.2 Å². The fourth-order valence-electron chi connectivity index (χ4n) is 4.44. The minimum absolute atomic E-state index is 0.172. The number of allylic oxidation sites excluding steroid dienone is 2. The summed E-state index contributed by atoms with van der Waals surface area (Å²) in [7, 11) is -8.41. The number of nitrogens with zero attached hydrogens (tertiary/aromatic N) is 2. The molecule has 0 aliphatic carbocycles. The zero-order valence-corrected chi connectivity index (χ0v) is 31.5. The second-order valence-corrected chi connectivity index (χ2v) is 15.9. The third kappa shape index (κ3) is 13.1. The van der Waals surface area contributed by atoms with Gasteiger partial charge >= 0.3 is 0 Å². The molecule has 4 rings (SSSR count). The molecule has 46 heavy (non-hydrogen) atoms. The number of halogens is 2. The molecule has 9 nitrogen and oxygen atoms in total. The summed E-state index contributed by atoms with van der Waals surface area (Å²) in [6.45, 7) is 13.1. The number of hydrogen-bond donors (Lipinski definition) is 2. The smallest absolute Gasteiger partial charge is 0.264 e. The summed E-state index contributed by atoms with van der Waals surface area (Å²) in [5.74, 6) is -0.807. The normalized spacial score (nSPS) is 14.2. The lowest BCUT2D eigenvalue weighted by Gasteiger charge is -2.20. The van der Waals surface area contributed by atoms with Crippen molar-refractivity contribution in [3.05, 3.63) is 68.1 Å². The Morgan fingerprint density at radius 3 is 2.24 bits per heavy atom. The summed E-state index contributed by atoms with van der Waals surface area (Å²) < 4.78 is 68.3. The van der Waals surface area contributed by atoms with Gasteiger partial charge in [-0.15, -0.1) is 0 Å². The van der Waals surface area contributed by atoms with E-state index in [1.807, 2.05) is 66.7 Å². The molecule has 15 heteroatoms. The maximum atomic E-state index is 11.3. The molecule has 2 heterocycles. The Morgan fingerprint density at radius 2 is 1.65 bits per heavy atom. The Bertz CT molecular complexity index is 1720. The van der Waals surface area contributed by atoms with E-state index in [0.717, 1.165) is 49.5 Å². The van der Waals surface area contributed by atoms with Crippen molar-refractivity contribution in [2.24, 2.45) is 0 Å². The van der Waals surface area contributed by atoms with Crippen LogP contribution >= 0.6 is 46.3 Å². The van der Waals surface area contributed by atoms with Crippen LogP contribution in [0.2, 0.25) is 10.0 Å². The molecule has 1 aliphatic heterocycles. The highest BCUT2D eigenvalue weighted by atomic mass is 35.5. The number of rotatable bonds is 13. The number of thioether (sulfide) groups is 1. The number of aryl methyl sites for hydroxylation is 1. The van der Waals surface area contributed by atoms with Crippen molar-refractivity contribution in [2.75, 3.05) is 36.0 Å². The molecular formula is C31H43Cl2N3O6S4. The first-order valence-corrected chi connectivity index (χ1v) is 20.7. The highest BCUT2D eigenvalue weighted by molar-refractivity contribution is 8.03. The number of aromatic nitrogens is 1. The molecule has 0 saturated carbocycles. The van der Waals surface area contributed by atoms with Crippen LogP contribution in [0, 0.1) is 0 Å². The molecule has 3 aromatic rings. The van der Waals surface area contributed by atoms with Gasteiger partial charge in [0, 0.05) is 45.8 Å². The van der Waals surface area contributed by atoms with Gasteiger partial charge in [-0.1, -0.05) is 80.9 Å². The molecule has 2 N–H and O–H groups in total. The third-order valence-corrected chi connectivity index (χ3v) is 10.8. The number of hydrogen-bond acceptors (Lipinski definition) is 9. The van der Waals surface area contributed by atoms with Gasteiger partial charge in [-0.3, -0.25) is 4.55 Å². The van der Waals surface area contributed by atoms with Crippen LogP contribution in [0.4, 0.5) is 5.69 Å². The van der Waals surface area contributed by atoms with E-state index in [4.69, 9.17) is 23.2 Å². The number of fused-ring (bicyclic) bond motifs is 2. The fraction of sp³-hybridized carbons (Fsp3) is 0.452. The van der Waals surface area contributed by atoms with E-state index in [0.29, 0.717) is 29.6 Å². The Kier molecular flexibility index (Phi) is 17.0. The van der Waals surface area contributed by atoms with E-state index >= 15 is 0 Å². The molecule has 0 saturated heterocycles. The van der Waals surface area contributed by atoms with Crippen LogP contribution < -0.4 is 14.8 Å². The molecule has 0 atom stereocenters. The first-order chi connectivity index (χ1) is 21.7. The molecule has 2 aromatic carbocycles. The van der Waals surface area contributed by atoms with E-state index in [-0.39, 0.29) is 18.6 Å². The van der Waals surface area contributed by atoms with Gasteiger partial charge in [0.05, 0.1) is 26.6 Å². The van der Waals surface area contributed by atoms with E-state index in [9.17, 15) is 25.9 Å². The van der Waals surface area contributed by atoms with E-state index in [1.54, 1.807) is 23.9 Å².